The van der Waals surface area contributed by atoms with Gasteiger partial charge in [-0.15, -0.1) is 0 Å². The molecule has 1 aliphatic rings. The lowest BCUT2D eigenvalue weighted by molar-refractivity contribution is -0.849. The molecular weight excluding hydrogens is 170 g/mol. The van der Waals surface area contributed by atoms with Crippen molar-refractivity contribution in [2.75, 3.05) is 34.8 Å². The van der Waals surface area contributed by atoms with Crippen molar-refractivity contribution >= 4 is 9.28 Å². The average molecular weight is 192 g/mol. The molecule has 0 spiro atoms. The number of quaternary nitrogens is 1. The van der Waals surface area contributed by atoms with Crippen LogP contribution in [0.4, 0.5) is 0 Å². The topological polar surface area (TPSA) is 29.5 Å². The van der Waals surface area contributed by atoms with Crippen molar-refractivity contribution < 1.29 is 13.7 Å². The minimum Gasteiger partial charge on any atom is -0.413 e. The normalized spacial score (nSPS) is 24.2. The molecular formula is C8H22NO2Si+. The van der Waals surface area contributed by atoms with Crippen LogP contribution in [-0.2, 0) is 4.43 Å². The second kappa shape index (κ2) is 5.69. The highest BCUT2D eigenvalue weighted by Crippen LogP contribution is 2.07. The van der Waals surface area contributed by atoms with Gasteiger partial charge in [-0.05, 0) is 18.9 Å². The van der Waals surface area contributed by atoms with Crippen molar-refractivity contribution in [2.24, 2.45) is 0 Å². The molecule has 0 amide bonds. The highest BCUT2D eigenvalue weighted by Gasteiger charge is 2.11. The van der Waals surface area contributed by atoms with Gasteiger partial charge in [0.2, 0.25) is 0 Å². The fourth-order valence-corrected chi connectivity index (χ4v) is 1.97. The van der Waals surface area contributed by atoms with Crippen molar-refractivity contribution in [1.82, 2.24) is 0 Å². The Morgan fingerprint density at radius 3 is 1.83 bits per heavy atom. The molecule has 0 aromatic heterocycles. The number of hydrogen-bond acceptors (Lipinski definition) is 2. The van der Waals surface area contributed by atoms with Gasteiger partial charge in [-0.3, -0.25) is 0 Å². The summed E-state index contributed by atoms with van der Waals surface area (Å²) in [7, 11) is 6.91. The smallest absolute Gasteiger partial charge is 0.318 e. The molecule has 74 valence electrons. The second-order valence-corrected chi connectivity index (χ2v) is 6.32. The zero-order valence-corrected chi connectivity index (χ0v) is 9.86. The van der Waals surface area contributed by atoms with Gasteiger partial charge in [0.1, 0.15) is 0 Å². The van der Waals surface area contributed by atoms with Crippen molar-refractivity contribution in [3.05, 3.63) is 0 Å². The summed E-state index contributed by atoms with van der Waals surface area (Å²) in [6.45, 7) is 0.799. The van der Waals surface area contributed by atoms with E-state index < -0.39 is 9.28 Å². The highest BCUT2D eigenvalue weighted by molar-refractivity contribution is 6.42. The summed E-state index contributed by atoms with van der Waals surface area (Å²) in [5.74, 6) is 0. The molecule has 1 N–H and O–H groups in total. The van der Waals surface area contributed by atoms with E-state index in [9.17, 15) is 0 Å². The summed E-state index contributed by atoms with van der Waals surface area (Å²) in [5, 5.41) is 0. The summed E-state index contributed by atoms with van der Waals surface area (Å²) in [6.07, 6.45) is 2.32. The lowest BCUT2D eigenvalue weighted by Crippen LogP contribution is -2.27. The molecule has 4 heteroatoms. The second-order valence-electron chi connectivity index (χ2n) is 4.50. The minimum atomic E-state index is -1.59. The Morgan fingerprint density at radius 2 is 1.67 bits per heavy atom. The number of rotatable bonds is 0. The predicted octanol–water partition coefficient (Wildman–Crippen LogP) is 0.332. The van der Waals surface area contributed by atoms with Crippen LogP contribution in [0.2, 0.25) is 6.04 Å². The van der Waals surface area contributed by atoms with Crippen LogP contribution in [0.15, 0.2) is 0 Å². The standard InChI is InChI=1S/C4H12N.C4H10O2Si/c1-5(2,3)4;5-7-4-2-1-3-6-7/h1-4H3;5,7H,1-4H2/q+1;. The summed E-state index contributed by atoms with van der Waals surface area (Å²) in [6, 6.07) is 0.958. The summed E-state index contributed by atoms with van der Waals surface area (Å²) >= 11 is 0. The van der Waals surface area contributed by atoms with Crippen LogP contribution in [0.1, 0.15) is 12.8 Å². The van der Waals surface area contributed by atoms with E-state index in [4.69, 9.17) is 9.22 Å². The zero-order valence-electron chi connectivity index (χ0n) is 8.71. The molecule has 0 bridgehead atoms. The number of hydrogen-bond donors (Lipinski definition) is 1. The molecule has 12 heavy (non-hydrogen) atoms. The molecule has 1 unspecified atom stereocenters. The van der Waals surface area contributed by atoms with Gasteiger partial charge in [0.05, 0.1) is 28.2 Å². The van der Waals surface area contributed by atoms with Crippen LogP contribution >= 0.6 is 0 Å². The van der Waals surface area contributed by atoms with E-state index in [0.717, 1.165) is 23.6 Å². The average Bonchev–Trinajstić information content (AvgIpc) is 1.85. The Bertz CT molecular complexity index is 102. The van der Waals surface area contributed by atoms with Crippen LogP contribution in [0, 0.1) is 0 Å². The van der Waals surface area contributed by atoms with Crippen LogP contribution in [-0.4, -0.2) is 53.4 Å². The maximum atomic E-state index is 8.83. The SMILES string of the molecule is C[N+](C)(C)C.O[SiH]1CCCCO1. The Morgan fingerprint density at radius 1 is 1.17 bits per heavy atom. The third-order valence-corrected chi connectivity index (χ3v) is 2.68. The minimum absolute atomic E-state index is 0.799. The van der Waals surface area contributed by atoms with Gasteiger partial charge < -0.3 is 13.7 Å². The summed E-state index contributed by atoms with van der Waals surface area (Å²) in [5.41, 5.74) is 0. The maximum Gasteiger partial charge on any atom is 0.318 e. The Kier molecular flexibility index (Phi) is 5.74. The third kappa shape index (κ3) is 12.7. The third-order valence-electron chi connectivity index (χ3n) is 1.16. The van der Waals surface area contributed by atoms with E-state index in [1.54, 1.807) is 0 Å². The van der Waals surface area contributed by atoms with Crippen molar-refractivity contribution in [3.8, 4) is 0 Å². The van der Waals surface area contributed by atoms with Gasteiger partial charge in [0.15, 0.2) is 0 Å². The lowest BCUT2D eigenvalue weighted by Gasteiger charge is -2.14. The maximum absolute atomic E-state index is 8.83. The van der Waals surface area contributed by atoms with E-state index in [-0.39, 0.29) is 0 Å². The summed E-state index contributed by atoms with van der Waals surface area (Å²) < 4.78 is 5.97. The lowest BCUT2D eigenvalue weighted by atomic mass is 10.4. The van der Waals surface area contributed by atoms with E-state index >= 15 is 0 Å². The molecule has 1 fully saturated rings. The van der Waals surface area contributed by atoms with Crippen LogP contribution in [0.5, 0.6) is 0 Å². The van der Waals surface area contributed by atoms with Crippen molar-refractivity contribution in [1.29, 1.82) is 0 Å². The molecule has 0 aromatic carbocycles. The molecule has 0 aliphatic carbocycles. The van der Waals surface area contributed by atoms with Crippen LogP contribution in [0.25, 0.3) is 0 Å². The molecule has 0 aromatic rings. The van der Waals surface area contributed by atoms with Gasteiger partial charge in [0.25, 0.3) is 0 Å². The Balaban J connectivity index is 0.000000217. The Hall–Kier alpha value is 0.0969. The van der Waals surface area contributed by atoms with E-state index in [0.29, 0.717) is 0 Å². The molecule has 1 aliphatic heterocycles. The highest BCUT2D eigenvalue weighted by atomic mass is 28.3. The van der Waals surface area contributed by atoms with Gasteiger partial charge in [-0.1, -0.05) is 0 Å². The van der Waals surface area contributed by atoms with Gasteiger partial charge >= 0.3 is 9.28 Å². The van der Waals surface area contributed by atoms with Crippen LogP contribution < -0.4 is 0 Å². The first-order valence-corrected chi connectivity index (χ1v) is 6.28. The van der Waals surface area contributed by atoms with E-state index in [1.165, 1.54) is 6.42 Å². The Labute approximate surface area is 77.4 Å². The molecule has 0 saturated carbocycles. The van der Waals surface area contributed by atoms with Gasteiger partial charge in [0, 0.05) is 6.61 Å². The van der Waals surface area contributed by atoms with Gasteiger partial charge in [-0.2, -0.15) is 0 Å². The van der Waals surface area contributed by atoms with Crippen LogP contribution in [0.3, 0.4) is 0 Å². The molecule has 0 radical (unpaired) electrons. The first-order valence-electron chi connectivity index (χ1n) is 4.48. The monoisotopic (exact) mass is 192 g/mol. The van der Waals surface area contributed by atoms with Crippen molar-refractivity contribution in [3.63, 3.8) is 0 Å². The molecule has 1 atom stereocenters. The first kappa shape index (κ1) is 12.1. The first-order chi connectivity index (χ1) is 5.39. The largest absolute Gasteiger partial charge is 0.413 e. The van der Waals surface area contributed by atoms with E-state index in [2.05, 4.69) is 28.2 Å². The fraction of sp³-hybridized carbons (Fsp3) is 1.00. The number of nitrogens with zero attached hydrogens (tertiary/aromatic N) is 1. The predicted molar refractivity (Wildman–Crippen MR) is 53.3 cm³/mol. The fourth-order valence-electron chi connectivity index (χ4n) is 0.724. The molecule has 1 heterocycles. The van der Waals surface area contributed by atoms with Gasteiger partial charge in [-0.25, -0.2) is 0 Å². The molecule has 1 saturated heterocycles. The van der Waals surface area contributed by atoms with E-state index in [1.807, 2.05) is 0 Å². The molecule has 3 nitrogen and oxygen atoms in total. The van der Waals surface area contributed by atoms with Crippen molar-refractivity contribution in [2.45, 2.75) is 18.9 Å². The molecule has 1 rings (SSSR count). The quantitative estimate of drug-likeness (QED) is 0.443. The zero-order chi connectivity index (χ0) is 9.61. The summed E-state index contributed by atoms with van der Waals surface area (Å²) in [4.78, 5) is 8.83.